The molecule has 0 saturated heterocycles. The minimum absolute atomic E-state index is 0.211. The predicted octanol–water partition coefficient (Wildman–Crippen LogP) is 2.42. The number of rotatable bonds is 6. The van der Waals surface area contributed by atoms with Gasteiger partial charge in [-0.25, -0.2) is 0 Å². The molecular formula is C15H24N2O. The van der Waals surface area contributed by atoms with Gasteiger partial charge in [0.15, 0.2) is 0 Å². The number of hydrogen-bond acceptors (Lipinski definition) is 3. The third-order valence-electron chi connectivity index (χ3n) is 3.87. The maximum atomic E-state index is 9.97. The first kappa shape index (κ1) is 13.5. The van der Waals surface area contributed by atoms with Gasteiger partial charge in [-0.3, -0.25) is 4.98 Å². The van der Waals surface area contributed by atoms with Crippen molar-refractivity contribution in [3.05, 3.63) is 29.6 Å². The van der Waals surface area contributed by atoms with Crippen LogP contribution in [0.1, 0.15) is 43.4 Å². The first-order valence-corrected chi connectivity index (χ1v) is 7.05. The van der Waals surface area contributed by atoms with Crippen LogP contribution in [-0.2, 0) is 6.54 Å². The molecule has 0 radical (unpaired) electrons. The lowest BCUT2D eigenvalue weighted by molar-refractivity contribution is 0.140. The number of aliphatic hydroxyl groups excluding tert-OH is 1. The van der Waals surface area contributed by atoms with Gasteiger partial charge in [-0.15, -0.1) is 0 Å². The number of aromatic nitrogens is 1. The third-order valence-corrected chi connectivity index (χ3v) is 3.87. The van der Waals surface area contributed by atoms with Crippen molar-refractivity contribution in [2.45, 2.75) is 51.7 Å². The number of nitrogens with zero attached hydrogens (tertiary/aromatic N) is 1. The van der Waals surface area contributed by atoms with E-state index in [4.69, 9.17) is 0 Å². The number of nitrogens with one attached hydrogen (secondary N) is 1. The second kappa shape index (κ2) is 6.86. The summed E-state index contributed by atoms with van der Waals surface area (Å²) in [6, 6.07) is 4.02. The minimum Gasteiger partial charge on any atom is -0.392 e. The fraction of sp³-hybridized carbons (Fsp3) is 0.667. The van der Waals surface area contributed by atoms with Crippen LogP contribution >= 0.6 is 0 Å². The predicted molar refractivity (Wildman–Crippen MR) is 73.3 cm³/mol. The van der Waals surface area contributed by atoms with Crippen LogP contribution in [0.25, 0.3) is 0 Å². The van der Waals surface area contributed by atoms with E-state index in [0.29, 0.717) is 6.54 Å². The van der Waals surface area contributed by atoms with Crippen molar-refractivity contribution in [2.75, 3.05) is 6.54 Å². The summed E-state index contributed by atoms with van der Waals surface area (Å²) in [6.07, 6.45) is 7.85. The summed E-state index contributed by atoms with van der Waals surface area (Å²) in [5, 5.41) is 13.3. The van der Waals surface area contributed by atoms with Crippen LogP contribution in [0.15, 0.2) is 18.3 Å². The Morgan fingerprint density at radius 3 is 2.94 bits per heavy atom. The van der Waals surface area contributed by atoms with E-state index in [1.54, 1.807) is 0 Å². The lowest BCUT2D eigenvalue weighted by Crippen LogP contribution is -2.28. The normalized spacial score (nSPS) is 18.1. The molecule has 1 aliphatic carbocycles. The molecule has 0 aromatic carbocycles. The lowest BCUT2D eigenvalue weighted by atomic mass is 10.00. The number of pyridine rings is 1. The van der Waals surface area contributed by atoms with Gasteiger partial charge in [0.2, 0.25) is 0 Å². The van der Waals surface area contributed by atoms with Crippen LogP contribution in [0.3, 0.4) is 0 Å². The standard InChI is InChI=1S/C15H24N2O/c1-12-5-4-8-17-15(12)11-16-10-14(18)9-13-6-2-3-7-13/h4-5,8,13-14,16,18H,2-3,6-7,9-11H2,1H3. The highest BCUT2D eigenvalue weighted by atomic mass is 16.3. The number of aryl methyl sites for hydroxylation is 1. The van der Waals surface area contributed by atoms with Crippen LogP contribution < -0.4 is 5.32 Å². The smallest absolute Gasteiger partial charge is 0.0667 e. The summed E-state index contributed by atoms with van der Waals surface area (Å²) in [6.45, 7) is 3.49. The Morgan fingerprint density at radius 2 is 2.22 bits per heavy atom. The average molecular weight is 248 g/mol. The molecule has 3 heteroatoms. The summed E-state index contributed by atoms with van der Waals surface area (Å²) in [4.78, 5) is 4.33. The summed E-state index contributed by atoms with van der Waals surface area (Å²) in [7, 11) is 0. The molecule has 1 atom stereocenters. The van der Waals surface area contributed by atoms with E-state index in [1.165, 1.54) is 31.2 Å². The SMILES string of the molecule is Cc1cccnc1CNCC(O)CC1CCCC1. The molecule has 1 heterocycles. The maximum absolute atomic E-state index is 9.97. The molecule has 18 heavy (non-hydrogen) atoms. The summed E-state index contributed by atoms with van der Waals surface area (Å²) in [5.41, 5.74) is 2.28. The van der Waals surface area contributed by atoms with Gasteiger partial charge in [0, 0.05) is 19.3 Å². The first-order chi connectivity index (χ1) is 8.75. The van der Waals surface area contributed by atoms with Crippen molar-refractivity contribution in [2.24, 2.45) is 5.92 Å². The van der Waals surface area contributed by atoms with Crippen LogP contribution in [0.5, 0.6) is 0 Å². The maximum Gasteiger partial charge on any atom is 0.0667 e. The number of hydrogen-bond donors (Lipinski definition) is 2. The number of aliphatic hydroxyl groups is 1. The van der Waals surface area contributed by atoms with Gasteiger partial charge < -0.3 is 10.4 Å². The van der Waals surface area contributed by atoms with Crippen LogP contribution in [0, 0.1) is 12.8 Å². The highest BCUT2D eigenvalue weighted by Gasteiger charge is 2.18. The molecule has 0 bridgehead atoms. The zero-order chi connectivity index (χ0) is 12.8. The van der Waals surface area contributed by atoms with Gasteiger partial charge in [0.1, 0.15) is 0 Å². The van der Waals surface area contributed by atoms with Gasteiger partial charge in [0.25, 0.3) is 0 Å². The van der Waals surface area contributed by atoms with Crippen molar-refractivity contribution >= 4 is 0 Å². The van der Waals surface area contributed by atoms with Crippen LogP contribution in [0.2, 0.25) is 0 Å². The Hall–Kier alpha value is -0.930. The molecule has 2 N–H and O–H groups in total. The van der Waals surface area contributed by atoms with Gasteiger partial charge in [-0.2, -0.15) is 0 Å². The van der Waals surface area contributed by atoms with E-state index in [0.717, 1.165) is 24.6 Å². The van der Waals surface area contributed by atoms with Gasteiger partial charge in [-0.05, 0) is 30.9 Å². The van der Waals surface area contributed by atoms with Crippen LogP contribution in [0.4, 0.5) is 0 Å². The topological polar surface area (TPSA) is 45.2 Å². The molecule has 1 aromatic heterocycles. The molecule has 2 rings (SSSR count). The quantitative estimate of drug-likeness (QED) is 0.812. The van der Waals surface area contributed by atoms with E-state index in [2.05, 4.69) is 23.3 Å². The Morgan fingerprint density at radius 1 is 1.44 bits per heavy atom. The highest BCUT2D eigenvalue weighted by Crippen LogP contribution is 2.28. The van der Waals surface area contributed by atoms with Crippen LogP contribution in [-0.4, -0.2) is 22.7 Å². The molecule has 0 aliphatic heterocycles. The van der Waals surface area contributed by atoms with Crippen molar-refractivity contribution in [1.82, 2.24) is 10.3 Å². The molecule has 3 nitrogen and oxygen atoms in total. The molecule has 1 unspecified atom stereocenters. The van der Waals surface area contributed by atoms with E-state index in [1.807, 2.05) is 12.3 Å². The molecule has 1 aromatic rings. The Kier molecular flexibility index (Phi) is 5.14. The summed E-state index contributed by atoms with van der Waals surface area (Å²) in [5.74, 6) is 0.749. The van der Waals surface area contributed by atoms with Crippen molar-refractivity contribution in [1.29, 1.82) is 0 Å². The average Bonchev–Trinajstić information content (AvgIpc) is 2.84. The lowest BCUT2D eigenvalue weighted by Gasteiger charge is -2.16. The molecule has 100 valence electrons. The second-order valence-electron chi connectivity index (χ2n) is 5.44. The Balaban J connectivity index is 1.67. The van der Waals surface area contributed by atoms with E-state index < -0.39 is 0 Å². The van der Waals surface area contributed by atoms with Gasteiger partial charge in [0.05, 0.1) is 11.8 Å². The van der Waals surface area contributed by atoms with Gasteiger partial charge >= 0.3 is 0 Å². The molecule has 1 fully saturated rings. The molecular weight excluding hydrogens is 224 g/mol. The Bertz CT molecular complexity index is 361. The summed E-state index contributed by atoms with van der Waals surface area (Å²) >= 11 is 0. The molecule has 0 amide bonds. The van der Waals surface area contributed by atoms with E-state index in [9.17, 15) is 5.11 Å². The zero-order valence-electron chi connectivity index (χ0n) is 11.2. The summed E-state index contributed by atoms with van der Waals surface area (Å²) < 4.78 is 0. The van der Waals surface area contributed by atoms with Gasteiger partial charge in [-0.1, -0.05) is 31.7 Å². The molecule has 0 spiro atoms. The second-order valence-corrected chi connectivity index (χ2v) is 5.44. The monoisotopic (exact) mass is 248 g/mol. The third kappa shape index (κ3) is 4.07. The van der Waals surface area contributed by atoms with Crippen molar-refractivity contribution < 1.29 is 5.11 Å². The fourth-order valence-electron chi connectivity index (χ4n) is 2.77. The Labute approximate surface area is 110 Å². The van der Waals surface area contributed by atoms with E-state index >= 15 is 0 Å². The zero-order valence-corrected chi connectivity index (χ0v) is 11.2. The molecule has 1 saturated carbocycles. The van der Waals surface area contributed by atoms with Crippen molar-refractivity contribution in [3.8, 4) is 0 Å². The first-order valence-electron chi connectivity index (χ1n) is 7.05. The highest BCUT2D eigenvalue weighted by molar-refractivity contribution is 5.17. The fourth-order valence-corrected chi connectivity index (χ4v) is 2.77. The largest absolute Gasteiger partial charge is 0.392 e. The van der Waals surface area contributed by atoms with E-state index in [-0.39, 0.29) is 6.10 Å². The van der Waals surface area contributed by atoms with Crippen molar-refractivity contribution in [3.63, 3.8) is 0 Å². The molecule has 1 aliphatic rings. The minimum atomic E-state index is -0.211.